The Kier molecular flexibility index (Phi) is 11.4. The summed E-state index contributed by atoms with van der Waals surface area (Å²) in [6.45, 7) is 19.8. The van der Waals surface area contributed by atoms with Gasteiger partial charge in [0.15, 0.2) is 0 Å². The lowest BCUT2D eigenvalue weighted by Crippen LogP contribution is -2.48. The van der Waals surface area contributed by atoms with Crippen molar-refractivity contribution >= 4 is 5.97 Å². The number of aliphatic carboxylic acids is 1. The molecule has 0 N–H and O–H groups in total. The summed E-state index contributed by atoms with van der Waals surface area (Å²) >= 11 is 0. The van der Waals surface area contributed by atoms with E-state index in [9.17, 15) is 0 Å². The summed E-state index contributed by atoms with van der Waals surface area (Å²) in [4.78, 5) is 8.89. The van der Waals surface area contributed by atoms with Gasteiger partial charge in [0.1, 0.15) is 0 Å². The summed E-state index contributed by atoms with van der Waals surface area (Å²) < 4.78 is 0.903. The maximum atomic E-state index is 8.89. The number of nitrogens with zero attached hydrogens (tertiary/aromatic N) is 1. The molecular weight excluding hydrogens is 214 g/mol. The second kappa shape index (κ2) is 10.9. The highest BCUT2D eigenvalue weighted by atomic mass is 16.4. The van der Waals surface area contributed by atoms with E-state index in [0.29, 0.717) is 0 Å². The molecule has 0 saturated carbocycles. The van der Waals surface area contributed by atoms with Crippen molar-refractivity contribution in [2.75, 3.05) is 26.2 Å². The van der Waals surface area contributed by atoms with Gasteiger partial charge in [0, 0.05) is 5.97 Å². The molecule has 3 heteroatoms. The molecule has 0 spiro atoms. The Hall–Kier alpha value is -1.61. The van der Waals surface area contributed by atoms with Crippen LogP contribution in [-0.2, 0) is 4.79 Å². The van der Waals surface area contributed by atoms with Gasteiger partial charge in [-0.1, -0.05) is 26.3 Å². The van der Waals surface area contributed by atoms with Crippen LogP contribution in [0, 0.1) is 0 Å². The first-order valence-corrected chi connectivity index (χ1v) is 5.44. The normalized spacial score (nSPS) is 9.47. The Labute approximate surface area is 105 Å². The molecule has 0 aromatic carbocycles. The number of hydrogen-bond donors (Lipinski definition) is 0. The standard InChI is InChI=1S/C12H20N.C2H4O2/c1-5-9-13(10-6-2,11-7-3)12-8-4;1-2(3)4/h5-8H,1-4,9-12H2;1H3,(H,3,4)/q+1;/p-1. The van der Waals surface area contributed by atoms with Crippen LogP contribution in [-0.4, -0.2) is 36.6 Å². The zero-order valence-corrected chi connectivity index (χ0v) is 10.7. The number of carboxylic acid groups (broad SMARTS) is 1. The molecule has 0 aromatic heterocycles. The van der Waals surface area contributed by atoms with Gasteiger partial charge >= 0.3 is 0 Å². The molecule has 0 saturated heterocycles. The lowest BCUT2D eigenvalue weighted by molar-refractivity contribution is -0.906. The maximum absolute atomic E-state index is 8.89. The number of hydrogen-bond acceptors (Lipinski definition) is 2. The first kappa shape index (κ1) is 17.8. The van der Waals surface area contributed by atoms with Crippen LogP contribution in [0.25, 0.3) is 0 Å². The Balaban J connectivity index is 0. The molecule has 96 valence electrons. The van der Waals surface area contributed by atoms with E-state index < -0.39 is 5.97 Å². The minimum absolute atomic E-state index is 0.903. The molecule has 0 aliphatic carbocycles. The van der Waals surface area contributed by atoms with Crippen molar-refractivity contribution in [2.45, 2.75) is 6.92 Å². The third-order valence-corrected chi connectivity index (χ3v) is 2.07. The first-order valence-electron chi connectivity index (χ1n) is 5.44. The van der Waals surface area contributed by atoms with Crippen LogP contribution in [0.3, 0.4) is 0 Å². The zero-order valence-electron chi connectivity index (χ0n) is 10.7. The van der Waals surface area contributed by atoms with Crippen molar-refractivity contribution in [1.29, 1.82) is 0 Å². The fourth-order valence-electron chi connectivity index (χ4n) is 1.54. The topological polar surface area (TPSA) is 40.1 Å². The van der Waals surface area contributed by atoms with Gasteiger partial charge in [-0.25, -0.2) is 0 Å². The molecule has 0 unspecified atom stereocenters. The summed E-state index contributed by atoms with van der Waals surface area (Å²) in [6.07, 6.45) is 7.76. The van der Waals surface area contributed by atoms with Gasteiger partial charge in [-0.15, -0.1) is 0 Å². The van der Waals surface area contributed by atoms with Crippen LogP contribution < -0.4 is 5.11 Å². The zero-order chi connectivity index (χ0) is 13.7. The largest absolute Gasteiger partial charge is 0.550 e. The van der Waals surface area contributed by atoms with Crippen LogP contribution >= 0.6 is 0 Å². The highest BCUT2D eigenvalue weighted by Crippen LogP contribution is 2.07. The lowest BCUT2D eigenvalue weighted by Gasteiger charge is -2.35. The van der Waals surface area contributed by atoms with Crippen LogP contribution in [0.15, 0.2) is 50.6 Å². The summed E-state index contributed by atoms with van der Waals surface area (Å²) in [6, 6.07) is 0. The average molecular weight is 237 g/mol. The molecule has 17 heavy (non-hydrogen) atoms. The third kappa shape index (κ3) is 10.7. The molecule has 0 bridgehead atoms. The molecule has 0 rings (SSSR count). The smallest absolute Gasteiger partial charge is 0.0978 e. The van der Waals surface area contributed by atoms with Gasteiger partial charge in [0.05, 0.1) is 26.2 Å². The number of carbonyl (C=O) groups excluding carboxylic acids is 1. The van der Waals surface area contributed by atoms with Gasteiger partial charge in [-0.05, 0) is 31.2 Å². The number of rotatable bonds is 8. The maximum Gasteiger partial charge on any atom is 0.0978 e. The number of quaternary nitrogens is 1. The molecule has 0 amide bonds. The Bertz CT molecular complexity index is 220. The van der Waals surface area contributed by atoms with E-state index in [1.807, 2.05) is 24.3 Å². The molecular formula is C14H23NO2. The van der Waals surface area contributed by atoms with E-state index in [1.165, 1.54) is 0 Å². The number of carbonyl (C=O) groups is 1. The molecule has 0 radical (unpaired) electrons. The monoisotopic (exact) mass is 237 g/mol. The first-order chi connectivity index (χ1) is 7.97. The highest BCUT2D eigenvalue weighted by Gasteiger charge is 2.20. The summed E-state index contributed by atoms with van der Waals surface area (Å²) in [5, 5.41) is 8.89. The minimum Gasteiger partial charge on any atom is -0.550 e. The second-order valence-electron chi connectivity index (χ2n) is 3.72. The SMILES string of the molecule is C=CC[N+](CC=C)(CC=C)CC=C.CC(=O)[O-]. The molecule has 0 aliphatic heterocycles. The lowest BCUT2D eigenvalue weighted by atomic mass is 10.3. The molecule has 0 atom stereocenters. The fourth-order valence-corrected chi connectivity index (χ4v) is 1.54. The molecule has 3 nitrogen and oxygen atoms in total. The van der Waals surface area contributed by atoms with Crippen molar-refractivity contribution in [3.05, 3.63) is 50.6 Å². The minimum atomic E-state index is -1.08. The van der Waals surface area contributed by atoms with E-state index in [4.69, 9.17) is 9.90 Å². The van der Waals surface area contributed by atoms with Crippen molar-refractivity contribution in [1.82, 2.24) is 0 Å². The van der Waals surface area contributed by atoms with E-state index >= 15 is 0 Å². The van der Waals surface area contributed by atoms with Crippen molar-refractivity contribution in [3.63, 3.8) is 0 Å². The molecule has 0 aliphatic rings. The summed E-state index contributed by atoms with van der Waals surface area (Å²) in [5.74, 6) is -1.08. The van der Waals surface area contributed by atoms with Crippen LogP contribution in [0.2, 0.25) is 0 Å². The third-order valence-electron chi connectivity index (χ3n) is 2.07. The van der Waals surface area contributed by atoms with Gasteiger partial charge in [0.2, 0.25) is 0 Å². The second-order valence-corrected chi connectivity index (χ2v) is 3.72. The predicted molar refractivity (Wildman–Crippen MR) is 71.2 cm³/mol. The van der Waals surface area contributed by atoms with E-state index in [0.717, 1.165) is 37.6 Å². The molecule has 0 fully saturated rings. The average Bonchev–Trinajstić information content (AvgIpc) is 2.18. The highest BCUT2D eigenvalue weighted by molar-refractivity contribution is 5.60. The van der Waals surface area contributed by atoms with Gasteiger partial charge in [-0.2, -0.15) is 0 Å². The Morgan fingerprint density at radius 1 is 0.941 bits per heavy atom. The van der Waals surface area contributed by atoms with Crippen molar-refractivity contribution in [2.24, 2.45) is 0 Å². The van der Waals surface area contributed by atoms with Gasteiger partial charge < -0.3 is 14.4 Å². The molecule has 0 aromatic rings. The molecule has 0 heterocycles. The summed E-state index contributed by atoms with van der Waals surface area (Å²) in [7, 11) is 0. The fraction of sp³-hybridized carbons (Fsp3) is 0.357. The van der Waals surface area contributed by atoms with E-state index in [1.54, 1.807) is 0 Å². The Morgan fingerprint density at radius 2 is 1.12 bits per heavy atom. The van der Waals surface area contributed by atoms with E-state index in [-0.39, 0.29) is 0 Å². The quantitative estimate of drug-likeness (QED) is 0.471. The van der Waals surface area contributed by atoms with Crippen molar-refractivity contribution in [3.8, 4) is 0 Å². The predicted octanol–water partition coefficient (Wildman–Crippen LogP) is 1.30. The summed E-state index contributed by atoms with van der Waals surface area (Å²) in [5.41, 5.74) is 0. The van der Waals surface area contributed by atoms with E-state index in [2.05, 4.69) is 26.3 Å². The van der Waals surface area contributed by atoms with Gasteiger partial charge in [0.25, 0.3) is 0 Å². The van der Waals surface area contributed by atoms with Crippen LogP contribution in [0.1, 0.15) is 6.92 Å². The van der Waals surface area contributed by atoms with Gasteiger partial charge in [-0.3, -0.25) is 0 Å². The number of carboxylic acids is 1. The van der Waals surface area contributed by atoms with Crippen LogP contribution in [0.4, 0.5) is 0 Å². The van der Waals surface area contributed by atoms with Crippen LogP contribution in [0.5, 0.6) is 0 Å². The Morgan fingerprint density at radius 3 is 1.24 bits per heavy atom. The van der Waals surface area contributed by atoms with Crippen molar-refractivity contribution < 1.29 is 14.4 Å².